The first-order chi connectivity index (χ1) is 7.91. The topological polar surface area (TPSA) is 66.8 Å². The maximum atomic E-state index is 11.9. The summed E-state index contributed by atoms with van der Waals surface area (Å²) in [4.78, 5) is 28.9. The van der Waals surface area contributed by atoms with Crippen LogP contribution in [0.4, 0.5) is 0 Å². The second-order valence-electron chi connectivity index (χ2n) is 4.24. The monoisotopic (exact) mass is 235 g/mol. The molecule has 1 aromatic rings. The summed E-state index contributed by atoms with van der Waals surface area (Å²) in [6.45, 7) is 5.12. The lowest BCUT2D eigenvalue weighted by Crippen LogP contribution is -2.32. The van der Waals surface area contributed by atoms with Crippen molar-refractivity contribution < 1.29 is 19.5 Å². The highest BCUT2D eigenvalue weighted by Gasteiger charge is 2.38. The van der Waals surface area contributed by atoms with Crippen molar-refractivity contribution in [2.45, 2.75) is 26.9 Å². The number of amides is 2. The number of nitrogens with zero attached hydrogens (tertiary/aromatic N) is 1. The standard InChI is InChI=1S/C12H13NO4/c1-6(2)17-13-11(15)8-4-7(3)10(14)5-9(8)12(13)16/h4-6,14H,1-3H3. The van der Waals surface area contributed by atoms with E-state index in [0.717, 1.165) is 5.06 Å². The Kier molecular flexibility index (Phi) is 2.63. The van der Waals surface area contributed by atoms with Gasteiger partial charge in [0.25, 0.3) is 11.8 Å². The van der Waals surface area contributed by atoms with E-state index in [-0.39, 0.29) is 23.0 Å². The van der Waals surface area contributed by atoms with E-state index in [1.165, 1.54) is 12.1 Å². The Morgan fingerprint density at radius 1 is 1.18 bits per heavy atom. The largest absolute Gasteiger partial charge is 0.508 e. The molecule has 1 N–H and O–H groups in total. The Morgan fingerprint density at radius 3 is 2.24 bits per heavy atom. The zero-order valence-corrected chi connectivity index (χ0v) is 9.85. The van der Waals surface area contributed by atoms with Crippen molar-refractivity contribution in [1.29, 1.82) is 0 Å². The van der Waals surface area contributed by atoms with Crippen molar-refractivity contribution in [2.75, 3.05) is 0 Å². The Balaban J connectivity index is 2.46. The molecule has 2 rings (SSSR count). The zero-order chi connectivity index (χ0) is 12.7. The van der Waals surface area contributed by atoms with Crippen LogP contribution in [0.3, 0.4) is 0 Å². The molecule has 1 aliphatic heterocycles. The third-order valence-corrected chi connectivity index (χ3v) is 2.48. The van der Waals surface area contributed by atoms with Gasteiger partial charge in [-0.15, -0.1) is 5.06 Å². The molecule has 5 nitrogen and oxygen atoms in total. The normalized spacial score (nSPS) is 14.7. The molecular formula is C12H13NO4. The van der Waals surface area contributed by atoms with Crippen LogP contribution in [0.5, 0.6) is 5.75 Å². The fourth-order valence-electron chi connectivity index (χ4n) is 1.67. The highest BCUT2D eigenvalue weighted by molar-refractivity contribution is 6.20. The van der Waals surface area contributed by atoms with E-state index < -0.39 is 11.8 Å². The fraction of sp³-hybridized carbons (Fsp3) is 0.333. The number of fused-ring (bicyclic) bond motifs is 1. The lowest BCUT2D eigenvalue weighted by Gasteiger charge is -2.15. The second-order valence-corrected chi connectivity index (χ2v) is 4.24. The SMILES string of the molecule is Cc1cc2c(cc1O)C(=O)N(OC(C)C)C2=O. The molecule has 0 aromatic heterocycles. The maximum Gasteiger partial charge on any atom is 0.286 e. The van der Waals surface area contributed by atoms with Crippen LogP contribution in [0.25, 0.3) is 0 Å². The van der Waals surface area contributed by atoms with Gasteiger partial charge in [0.15, 0.2) is 0 Å². The van der Waals surface area contributed by atoms with E-state index in [4.69, 9.17) is 4.84 Å². The van der Waals surface area contributed by atoms with Crippen LogP contribution < -0.4 is 0 Å². The van der Waals surface area contributed by atoms with Crippen molar-refractivity contribution in [1.82, 2.24) is 5.06 Å². The van der Waals surface area contributed by atoms with Gasteiger partial charge in [-0.25, -0.2) is 0 Å². The molecule has 0 saturated carbocycles. The molecule has 0 spiro atoms. The molecule has 0 atom stereocenters. The van der Waals surface area contributed by atoms with Gasteiger partial charge in [-0.3, -0.25) is 14.4 Å². The molecule has 17 heavy (non-hydrogen) atoms. The number of phenolic OH excluding ortho intramolecular Hbond substituents is 1. The number of rotatable bonds is 2. The number of hydrogen-bond acceptors (Lipinski definition) is 4. The van der Waals surface area contributed by atoms with Crippen molar-refractivity contribution in [2.24, 2.45) is 0 Å². The van der Waals surface area contributed by atoms with E-state index in [1.807, 2.05) is 0 Å². The second kappa shape index (κ2) is 3.85. The third kappa shape index (κ3) is 1.78. The van der Waals surface area contributed by atoms with E-state index >= 15 is 0 Å². The molecule has 1 aliphatic rings. The van der Waals surface area contributed by atoms with Crippen LogP contribution in [-0.4, -0.2) is 28.1 Å². The van der Waals surface area contributed by atoms with Crippen LogP contribution >= 0.6 is 0 Å². The van der Waals surface area contributed by atoms with Gasteiger partial charge in [-0.2, -0.15) is 0 Å². The summed E-state index contributed by atoms with van der Waals surface area (Å²) in [5.74, 6) is -1.02. The molecule has 1 aromatic carbocycles. The van der Waals surface area contributed by atoms with Gasteiger partial charge in [0.2, 0.25) is 0 Å². The molecule has 2 amide bonds. The molecule has 0 bridgehead atoms. The van der Waals surface area contributed by atoms with Gasteiger partial charge >= 0.3 is 0 Å². The maximum absolute atomic E-state index is 11.9. The number of hydrogen-bond donors (Lipinski definition) is 1. The zero-order valence-electron chi connectivity index (χ0n) is 9.85. The van der Waals surface area contributed by atoms with Gasteiger partial charge < -0.3 is 5.11 Å². The Bertz CT molecular complexity index is 466. The number of carbonyl (C=O) groups is 2. The first kappa shape index (κ1) is 11.6. The third-order valence-electron chi connectivity index (χ3n) is 2.48. The molecule has 90 valence electrons. The van der Waals surface area contributed by atoms with Crippen LogP contribution in [0.2, 0.25) is 0 Å². The predicted molar refractivity (Wildman–Crippen MR) is 59.6 cm³/mol. The molecule has 0 radical (unpaired) electrons. The van der Waals surface area contributed by atoms with Crippen LogP contribution in [0.15, 0.2) is 12.1 Å². The molecule has 5 heteroatoms. The summed E-state index contributed by atoms with van der Waals surface area (Å²) >= 11 is 0. The summed E-state index contributed by atoms with van der Waals surface area (Å²) in [5.41, 5.74) is 1.00. The molecule has 0 aliphatic carbocycles. The summed E-state index contributed by atoms with van der Waals surface area (Å²) < 4.78 is 0. The van der Waals surface area contributed by atoms with Gasteiger partial charge in [0, 0.05) is 0 Å². The molecular weight excluding hydrogens is 222 g/mol. The number of phenols is 1. The Morgan fingerprint density at radius 2 is 1.71 bits per heavy atom. The number of hydroxylamine groups is 2. The summed E-state index contributed by atoms with van der Waals surface area (Å²) in [6, 6.07) is 2.79. The lowest BCUT2D eigenvalue weighted by atomic mass is 10.1. The highest BCUT2D eigenvalue weighted by Crippen LogP contribution is 2.29. The van der Waals surface area contributed by atoms with Gasteiger partial charge in [-0.1, -0.05) is 0 Å². The number of benzene rings is 1. The molecule has 0 fully saturated rings. The highest BCUT2D eigenvalue weighted by atomic mass is 16.7. The molecule has 0 unspecified atom stereocenters. The van der Waals surface area contributed by atoms with Crippen LogP contribution in [0.1, 0.15) is 40.1 Å². The van der Waals surface area contributed by atoms with Crippen LogP contribution in [-0.2, 0) is 4.84 Å². The van der Waals surface area contributed by atoms with Gasteiger partial charge in [-0.05, 0) is 38.5 Å². The minimum Gasteiger partial charge on any atom is -0.508 e. The Hall–Kier alpha value is -1.88. The summed E-state index contributed by atoms with van der Waals surface area (Å²) in [6.07, 6.45) is -0.271. The average molecular weight is 235 g/mol. The fourth-order valence-corrected chi connectivity index (χ4v) is 1.67. The summed E-state index contributed by atoms with van der Waals surface area (Å²) in [5, 5.41) is 10.3. The number of carbonyl (C=O) groups excluding carboxylic acids is 2. The predicted octanol–water partition coefficient (Wildman–Crippen LogP) is 1.64. The van der Waals surface area contributed by atoms with E-state index in [1.54, 1.807) is 20.8 Å². The van der Waals surface area contributed by atoms with E-state index in [0.29, 0.717) is 5.56 Å². The smallest absolute Gasteiger partial charge is 0.286 e. The van der Waals surface area contributed by atoms with Gasteiger partial charge in [0.05, 0.1) is 17.2 Å². The number of aromatic hydroxyl groups is 1. The number of aryl methyl sites for hydroxylation is 1. The Labute approximate surface area is 98.6 Å². The van der Waals surface area contributed by atoms with Crippen molar-refractivity contribution >= 4 is 11.8 Å². The number of imide groups is 1. The quantitative estimate of drug-likeness (QED) is 0.791. The van der Waals surface area contributed by atoms with Gasteiger partial charge in [0.1, 0.15) is 5.75 Å². The summed E-state index contributed by atoms with van der Waals surface area (Å²) in [7, 11) is 0. The minimum atomic E-state index is -0.533. The minimum absolute atomic E-state index is 0.00343. The van der Waals surface area contributed by atoms with E-state index in [9.17, 15) is 14.7 Å². The average Bonchev–Trinajstić information content (AvgIpc) is 2.45. The van der Waals surface area contributed by atoms with E-state index in [2.05, 4.69) is 0 Å². The van der Waals surface area contributed by atoms with Crippen molar-refractivity contribution in [3.8, 4) is 5.75 Å². The molecule has 1 heterocycles. The first-order valence-electron chi connectivity index (χ1n) is 5.31. The van der Waals surface area contributed by atoms with Crippen LogP contribution in [0, 0.1) is 6.92 Å². The first-order valence-corrected chi connectivity index (χ1v) is 5.31. The molecule has 0 saturated heterocycles. The van der Waals surface area contributed by atoms with Crippen molar-refractivity contribution in [3.05, 3.63) is 28.8 Å². The lowest BCUT2D eigenvalue weighted by molar-refractivity contribution is -0.120. The van der Waals surface area contributed by atoms with Crippen molar-refractivity contribution in [3.63, 3.8) is 0 Å².